The van der Waals surface area contributed by atoms with Gasteiger partial charge in [0.15, 0.2) is 0 Å². The van der Waals surface area contributed by atoms with Gasteiger partial charge < -0.3 is 5.73 Å². The van der Waals surface area contributed by atoms with Gasteiger partial charge in [0, 0.05) is 13.1 Å². The van der Waals surface area contributed by atoms with E-state index in [0.717, 1.165) is 19.5 Å². The van der Waals surface area contributed by atoms with Crippen LogP contribution in [0.5, 0.6) is 0 Å². The fourth-order valence-electron chi connectivity index (χ4n) is 3.10. The molecule has 0 spiro atoms. The number of nitrogens with zero attached hydrogens (tertiary/aromatic N) is 2. The Morgan fingerprint density at radius 2 is 2.06 bits per heavy atom. The lowest BCUT2D eigenvalue weighted by molar-refractivity contribution is -0.123. The number of nitrogens with two attached hydrogens (primary N) is 1. The molecule has 0 radical (unpaired) electrons. The molecule has 2 N–H and O–H groups in total. The molecule has 0 aromatic heterocycles. The molecule has 0 aromatic carbocycles. The van der Waals surface area contributed by atoms with Gasteiger partial charge in [-0.2, -0.15) is 5.26 Å². The Bertz CT molecular complexity index is 304. The van der Waals surface area contributed by atoms with Crippen LogP contribution in [0.1, 0.15) is 32.1 Å². The van der Waals surface area contributed by atoms with E-state index in [0.29, 0.717) is 5.92 Å². The molecule has 2 fully saturated rings. The molecule has 16 heavy (non-hydrogen) atoms. The summed E-state index contributed by atoms with van der Waals surface area (Å²) in [4.78, 5) is 13.5. The summed E-state index contributed by atoms with van der Waals surface area (Å²) in [6.07, 6.45) is 5.93. The van der Waals surface area contributed by atoms with E-state index < -0.39 is 0 Å². The van der Waals surface area contributed by atoms with E-state index in [-0.39, 0.29) is 17.9 Å². The normalized spacial score (nSPS) is 31.7. The van der Waals surface area contributed by atoms with E-state index in [1.807, 2.05) is 0 Å². The molecule has 2 unspecified atom stereocenters. The van der Waals surface area contributed by atoms with E-state index in [2.05, 4.69) is 11.0 Å². The maximum absolute atomic E-state index is 11.4. The highest BCUT2D eigenvalue weighted by Crippen LogP contribution is 2.30. The van der Waals surface area contributed by atoms with Crippen molar-refractivity contribution in [3.05, 3.63) is 0 Å². The van der Waals surface area contributed by atoms with Crippen LogP contribution in [0.4, 0.5) is 0 Å². The first-order chi connectivity index (χ1) is 7.72. The van der Waals surface area contributed by atoms with Gasteiger partial charge in [-0.1, -0.05) is 12.8 Å². The molecule has 4 heteroatoms. The average Bonchev–Trinajstić information content (AvgIpc) is 2.87. The molecule has 2 atom stereocenters. The van der Waals surface area contributed by atoms with Gasteiger partial charge in [0.05, 0.1) is 12.0 Å². The lowest BCUT2D eigenvalue weighted by Crippen LogP contribution is -2.45. The minimum atomic E-state index is -0.342. The Labute approximate surface area is 96.4 Å². The first-order valence-electron chi connectivity index (χ1n) is 6.15. The Balaban J connectivity index is 1.98. The number of likely N-dealkylation sites (tertiary alicyclic amines) is 1. The summed E-state index contributed by atoms with van der Waals surface area (Å²) >= 11 is 0. The zero-order valence-corrected chi connectivity index (χ0v) is 9.56. The zero-order valence-electron chi connectivity index (χ0n) is 9.56. The summed E-state index contributed by atoms with van der Waals surface area (Å²) in [6, 6.07) is 1.87. The van der Waals surface area contributed by atoms with Gasteiger partial charge in [-0.15, -0.1) is 0 Å². The van der Waals surface area contributed by atoms with Crippen LogP contribution in [0.15, 0.2) is 0 Å². The number of primary amides is 1. The van der Waals surface area contributed by atoms with E-state index in [9.17, 15) is 4.79 Å². The topological polar surface area (TPSA) is 70.1 Å². The lowest BCUT2D eigenvalue weighted by atomic mass is 10.0. The monoisotopic (exact) mass is 221 g/mol. The highest BCUT2D eigenvalue weighted by atomic mass is 16.1. The van der Waals surface area contributed by atoms with Gasteiger partial charge in [0.2, 0.25) is 5.91 Å². The van der Waals surface area contributed by atoms with Crippen LogP contribution in [0.25, 0.3) is 0 Å². The van der Waals surface area contributed by atoms with Crippen LogP contribution in [-0.2, 0) is 4.79 Å². The second kappa shape index (κ2) is 4.84. The summed E-state index contributed by atoms with van der Waals surface area (Å²) < 4.78 is 0. The van der Waals surface area contributed by atoms with Gasteiger partial charge in [0.25, 0.3) is 0 Å². The third-order valence-electron chi connectivity index (χ3n) is 3.93. The molecule has 1 saturated carbocycles. The number of hydrogen-bond acceptors (Lipinski definition) is 3. The minimum absolute atomic E-state index is 0.195. The average molecular weight is 221 g/mol. The van der Waals surface area contributed by atoms with Gasteiger partial charge in [0.1, 0.15) is 6.04 Å². The molecule has 1 heterocycles. The fourth-order valence-corrected chi connectivity index (χ4v) is 3.10. The minimum Gasteiger partial charge on any atom is -0.368 e. The van der Waals surface area contributed by atoms with Crippen molar-refractivity contribution in [2.24, 2.45) is 17.6 Å². The Kier molecular flexibility index (Phi) is 3.45. The smallest absolute Gasteiger partial charge is 0.236 e. The maximum atomic E-state index is 11.4. The molecule has 0 aromatic rings. The molecule has 1 aliphatic heterocycles. The van der Waals surface area contributed by atoms with Crippen molar-refractivity contribution < 1.29 is 4.79 Å². The first kappa shape index (κ1) is 11.4. The molecular weight excluding hydrogens is 202 g/mol. The highest BCUT2D eigenvalue weighted by Gasteiger charge is 2.39. The van der Waals surface area contributed by atoms with E-state index in [1.54, 1.807) is 0 Å². The van der Waals surface area contributed by atoms with Gasteiger partial charge in [-0.25, -0.2) is 0 Å². The SMILES string of the molecule is N#CC1CCN(CC2CCCC2)C1C(N)=O. The molecule has 1 amide bonds. The van der Waals surface area contributed by atoms with Crippen LogP contribution >= 0.6 is 0 Å². The summed E-state index contributed by atoms with van der Waals surface area (Å²) in [5.41, 5.74) is 5.40. The molecule has 0 bridgehead atoms. The molecule has 2 rings (SSSR count). The van der Waals surface area contributed by atoms with Crippen LogP contribution in [0.3, 0.4) is 0 Å². The van der Waals surface area contributed by atoms with Crippen molar-refractivity contribution in [1.29, 1.82) is 5.26 Å². The summed E-state index contributed by atoms with van der Waals surface area (Å²) in [5.74, 6) is 0.181. The molecule has 88 valence electrons. The standard InChI is InChI=1S/C12H19N3O/c13-7-10-5-6-15(11(10)12(14)16)8-9-3-1-2-4-9/h9-11H,1-6,8H2,(H2,14,16). The highest BCUT2D eigenvalue weighted by molar-refractivity contribution is 5.81. The van der Waals surface area contributed by atoms with Crippen molar-refractivity contribution in [2.75, 3.05) is 13.1 Å². The number of carbonyl (C=O) groups excluding carboxylic acids is 1. The van der Waals surface area contributed by atoms with Crippen LogP contribution in [0, 0.1) is 23.2 Å². The zero-order chi connectivity index (χ0) is 11.5. The van der Waals surface area contributed by atoms with E-state index in [4.69, 9.17) is 11.0 Å². The number of rotatable bonds is 3. The Hall–Kier alpha value is -1.08. The maximum Gasteiger partial charge on any atom is 0.236 e. The van der Waals surface area contributed by atoms with Crippen molar-refractivity contribution in [2.45, 2.75) is 38.1 Å². The molecule has 4 nitrogen and oxygen atoms in total. The second-order valence-electron chi connectivity index (χ2n) is 5.02. The summed E-state index contributed by atoms with van der Waals surface area (Å²) in [6.45, 7) is 1.80. The van der Waals surface area contributed by atoms with E-state index in [1.165, 1.54) is 25.7 Å². The second-order valence-corrected chi connectivity index (χ2v) is 5.02. The fraction of sp³-hybridized carbons (Fsp3) is 0.833. The lowest BCUT2D eigenvalue weighted by Gasteiger charge is -2.25. The summed E-state index contributed by atoms with van der Waals surface area (Å²) in [5, 5.41) is 8.98. The quantitative estimate of drug-likeness (QED) is 0.769. The third-order valence-corrected chi connectivity index (χ3v) is 3.93. The third kappa shape index (κ3) is 2.19. The van der Waals surface area contributed by atoms with E-state index >= 15 is 0 Å². The molecular formula is C12H19N3O. The number of carbonyl (C=O) groups is 1. The number of hydrogen-bond donors (Lipinski definition) is 1. The first-order valence-corrected chi connectivity index (χ1v) is 6.15. The Morgan fingerprint density at radius 3 is 2.62 bits per heavy atom. The van der Waals surface area contributed by atoms with Crippen LogP contribution in [0.2, 0.25) is 0 Å². The molecule has 1 aliphatic carbocycles. The predicted molar refractivity (Wildman–Crippen MR) is 60.2 cm³/mol. The van der Waals surface area contributed by atoms with Crippen molar-refractivity contribution in [1.82, 2.24) is 4.90 Å². The largest absolute Gasteiger partial charge is 0.368 e. The van der Waals surface area contributed by atoms with Crippen molar-refractivity contribution in [3.63, 3.8) is 0 Å². The van der Waals surface area contributed by atoms with Crippen molar-refractivity contribution in [3.8, 4) is 6.07 Å². The van der Waals surface area contributed by atoms with Gasteiger partial charge in [-0.3, -0.25) is 9.69 Å². The van der Waals surface area contributed by atoms with Gasteiger partial charge in [-0.05, 0) is 25.2 Å². The van der Waals surface area contributed by atoms with Crippen molar-refractivity contribution >= 4 is 5.91 Å². The number of nitriles is 1. The number of amides is 1. The van der Waals surface area contributed by atoms with Gasteiger partial charge >= 0.3 is 0 Å². The van der Waals surface area contributed by atoms with Crippen LogP contribution in [-0.4, -0.2) is 29.9 Å². The molecule has 1 saturated heterocycles. The summed E-state index contributed by atoms with van der Waals surface area (Å²) in [7, 11) is 0. The van der Waals surface area contributed by atoms with Crippen LogP contribution < -0.4 is 5.73 Å². The Morgan fingerprint density at radius 1 is 1.38 bits per heavy atom. The molecule has 2 aliphatic rings. The predicted octanol–water partition coefficient (Wildman–Crippen LogP) is 0.876.